The van der Waals surface area contributed by atoms with Crippen molar-refractivity contribution in [2.75, 3.05) is 64.4 Å². The molecule has 1 aromatic heterocycles. The van der Waals surface area contributed by atoms with Crippen molar-refractivity contribution in [2.24, 2.45) is 5.84 Å². The second kappa shape index (κ2) is 16.5. The molecule has 0 bridgehead atoms. The average molecular weight is 486 g/mol. The second-order valence-corrected chi connectivity index (χ2v) is 8.76. The number of aliphatic hydroxyl groups excluding tert-OH is 1. The number of anilines is 1. The van der Waals surface area contributed by atoms with Crippen LogP contribution in [0.1, 0.15) is 49.3 Å². The first-order valence-electron chi connectivity index (χ1n) is 13.2. The average Bonchev–Trinajstić information content (AvgIpc) is 3.31. The van der Waals surface area contributed by atoms with E-state index < -0.39 is 0 Å². The Morgan fingerprint density at radius 2 is 1.51 bits per heavy atom. The van der Waals surface area contributed by atoms with Gasteiger partial charge >= 0.3 is 0 Å². The molecule has 3 aliphatic rings. The molecule has 0 spiro atoms. The summed E-state index contributed by atoms with van der Waals surface area (Å²) in [4.78, 5) is 14.6. The lowest BCUT2D eigenvalue weighted by atomic mass is 10.1. The quantitative estimate of drug-likeness (QED) is 0.571. The summed E-state index contributed by atoms with van der Waals surface area (Å²) in [7, 11) is 1.00. The van der Waals surface area contributed by atoms with Crippen LogP contribution in [0.4, 0.5) is 5.82 Å². The largest absolute Gasteiger partial charge is 0.400 e. The van der Waals surface area contributed by atoms with E-state index >= 15 is 0 Å². The van der Waals surface area contributed by atoms with Crippen LogP contribution in [-0.2, 0) is 19.4 Å². The van der Waals surface area contributed by atoms with Crippen LogP contribution in [-0.4, -0.2) is 84.5 Å². The second-order valence-electron chi connectivity index (χ2n) is 8.76. The number of aliphatic hydroxyl groups is 1. The van der Waals surface area contributed by atoms with Gasteiger partial charge in [-0.3, -0.25) is 10.7 Å². The molecule has 0 saturated carbocycles. The van der Waals surface area contributed by atoms with Crippen LogP contribution in [0, 0.1) is 6.92 Å². The van der Waals surface area contributed by atoms with E-state index in [4.69, 9.17) is 20.9 Å². The summed E-state index contributed by atoms with van der Waals surface area (Å²) < 4.78 is 0. The molecule has 4 heterocycles. The van der Waals surface area contributed by atoms with Crippen molar-refractivity contribution < 1.29 is 5.11 Å². The predicted octanol–water partition coefficient (Wildman–Crippen LogP) is 2.39. The zero-order chi connectivity index (χ0) is 25.5. The van der Waals surface area contributed by atoms with E-state index in [0.29, 0.717) is 0 Å². The molecule has 0 amide bonds. The number of aryl methyl sites for hydroxylation is 1. The molecule has 0 radical (unpaired) electrons. The molecule has 4 N–H and O–H groups in total. The van der Waals surface area contributed by atoms with Crippen LogP contribution < -0.4 is 16.1 Å². The summed E-state index contributed by atoms with van der Waals surface area (Å²) in [6, 6.07) is 10.8. The first kappa shape index (κ1) is 29.1. The molecule has 5 rings (SSSR count). The Kier molecular flexibility index (Phi) is 13.8. The number of piperazine rings is 1. The number of nitrogens with two attached hydrogens (primary N) is 1. The molecule has 196 valence electrons. The topological polar surface area (TPSA) is 93.8 Å². The maximum atomic E-state index is 7.00. The Bertz CT molecular complexity index is 822. The maximum absolute atomic E-state index is 7.00. The highest BCUT2D eigenvalue weighted by Crippen LogP contribution is 2.25. The Morgan fingerprint density at radius 3 is 2.11 bits per heavy atom. The molecule has 0 unspecified atom stereocenters. The number of nitrogens with zero attached hydrogens (tertiary/aromatic N) is 5. The Morgan fingerprint density at radius 1 is 0.886 bits per heavy atom. The molecule has 2 saturated heterocycles. The van der Waals surface area contributed by atoms with Gasteiger partial charge in [0.2, 0.25) is 0 Å². The van der Waals surface area contributed by atoms with Crippen molar-refractivity contribution in [2.45, 2.75) is 53.0 Å². The van der Waals surface area contributed by atoms with Gasteiger partial charge in [-0.15, -0.1) is 0 Å². The number of hydrogen-bond acceptors (Lipinski definition) is 8. The van der Waals surface area contributed by atoms with E-state index in [1.807, 2.05) is 25.8 Å². The molecule has 8 nitrogen and oxygen atoms in total. The molecule has 2 aromatic rings. The van der Waals surface area contributed by atoms with Crippen LogP contribution in [0.5, 0.6) is 0 Å². The fourth-order valence-electron chi connectivity index (χ4n) is 4.63. The number of hydrazine groups is 1. The molecule has 0 atom stereocenters. The monoisotopic (exact) mass is 485 g/mol. The van der Waals surface area contributed by atoms with Crippen molar-refractivity contribution in [3.63, 3.8) is 0 Å². The van der Waals surface area contributed by atoms with Gasteiger partial charge in [-0.25, -0.2) is 15.0 Å². The van der Waals surface area contributed by atoms with Gasteiger partial charge in [0.25, 0.3) is 0 Å². The van der Waals surface area contributed by atoms with Gasteiger partial charge in [-0.05, 0) is 31.7 Å². The van der Waals surface area contributed by atoms with Crippen LogP contribution in [0.3, 0.4) is 0 Å². The van der Waals surface area contributed by atoms with E-state index in [-0.39, 0.29) is 0 Å². The summed E-state index contributed by atoms with van der Waals surface area (Å²) in [5.74, 6) is 7.46. The number of hydrogen-bond donors (Lipinski definition) is 3. The molecule has 3 aliphatic heterocycles. The number of benzene rings is 1. The van der Waals surface area contributed by atoms with E-state index in [1.54, 1.807) is 0 Å². The number of fused-ring (bicyclic) bond motifs is 1. The van der Waals surface area contributed by atoms with Gasteiger partial charge in [-0.1, -0.05) is 44.2 Å². The van der Waals surface area contributed by atoms with Gasteiger partial charge in [0.05, 0.1) is 5.69 Å². The lowest BCUT2D eigenvalue weighted by Crippen LogP contribution is -2.44. The minimum atomic E-state index is 0.906. The molecule has 8 heteroatoms. The number of aromatic nitrogens is 2. The maximum Gasteiger partial charge on any atom is 0.135 e. The number of rotatable bonds is 3. The summed E-state index contributed by atoms with van der Waals surface area (Å²) in [5, 5.41) is 12.3. The first-order chi connectivity index (χ1) is 17.2. The van der Waals surface area contributed by atoms with E-state index in [0.717, 1.165) is 84.7 Å². The molecule has 1 aromatic carbocycles. The minimum absolute atomic E-state index is 0.906. The van der Waals surface area contributed by atoms with Gasteiger partial charge in [0.15, 0.2) is 0 Å². The van der Waals surface area contributed by atoms with E-state index in [2.05, 4.69) is 45.4 Å². The van der Waals surface area contributed by atoms with Gasteiger partial charge in [0.1, 0.15) is 11.6 Å². The van der Waals surface area contributed by atoms with Crippen molar-refractivity contribution in [1.82, 2.24) is 25.2 Å². The third-order valence-corrected chi connectivity index (χ3v) is 6.33. The van der Waals surface area contributed by atoms with Crippen molar-refractivity contribution in [1.29, 1.82) is 0 Å². The first-order valence-corrected chi connectivity index (χ1v) is 13.2. The van der Waals surface area contributed by atoms with Crippen molar-refractivity contribution in [3.05, 3.63) is 53.0 Å². The molecule has 2 fully saturated rings. The Hall–Kier alpha value is -2.10. The minimum Gasteiger partial charge on any atom is -0.400 e. The SMILES string of the molecule is CC.CO.Cc1nc2c(c(N3CCNCC3)n1)CCN(Cc1ccccc1)CC2.NN1CCCC1. The lowest BCUT2D eigenvalue weighted by molar-refractivity contribution is 0.279. The van der Waals surface area contributed by atoms with Crippen LogP contribution >= 0.6 is 0 Å². The van der Waals surface area contributed by atoms with E-state index in [9.17, 15) is 0 Å². The summed E-state index contributed by atoms with van der Waals surface area (Å²) in [6.45, 7) is 15.5. The fraction of sp³-hybridized carbons (Fsp3) is 0.630. The summed E-state index contributed by atoms with van der Waals surface area (Å²) in [6.07, 6.45) is 4.64. The van der Waals surface area contributed by atoms with E-state index in [1.165, 1.54) is 35.5 Å². The smallest absolute Gasteiger partial charge is 0.135 e. The highest BCUT2D eigenvalue weighted by atomic mass is 16.2. The summed E-state index contributed by atoms with van der Waals surface area (Å²) in [5.41, 5.74) is 4.03. The van der Waals surface area contributed by atoms with Crippen LogP contribution in [0.2, 0.25) is 0 Å². The molecular weight excluding hydrogens is 438 g/mol. The van der Waals surface area contributed by atoms with Gasteiger partial charge in [-0.2, -0.15) is 0 Å². The highest BCUT2D eigenvalue weighted by Gasteiger charge is 2.23. The fourth-order valence-corrected chi connectivity index (χ4v) is 4.63. The molecule has 0 aliphatic carbocycles. The zero-order valence-electron chi connectivity index (χ0n) is 22.3. The Labute approximate surface area is 212 Å². The van der Waals surface area contributed by atoms with Gasteiger partial charge < -0.3 is 15.3 Å². The highest BCUT2D eigenvalue weighted by molar-refractivity contribution is 5.50. The predicted molar refractivity (Wildman–Crippen MR) is 145 cm³/mol. The Balaban J connectivity index is 0.000000368. The lowest BCUT2D eigenvalue weighted by Gasteiger charge is -2.30. The van der Waals surface area contributed by atoms with Gasteiger partial charge in [0, 0.05) is 78.0 Å². The third kappa shape index (κ3) is 9.46. The van der Waals surface area contributed by atoms with Crippen LogP contribution in [0.15, 0.2) is 30.3 Å². The zero-order valence-corrected chi connectivity index (χ0v) is 22.3. The molecular formula is C27H47N7O. The third-order valence-electron chi connectivity index (χ3n) is 6.33. The van der Waals surface area contributed by atoms with Crippen molar-refractivity contribution >= 4 is 5.82 Å². The van der Waals surface area contributed by atoms with Crippen molar-refractivity contribution in [3.8, 4) is 0 Å². The van der Waals surface area contributed by atoms with Crippen LogP contribution in [0.25, 0.3) is 0 Å². The standard InChI is InChI=1S/C20H27N5.C4H10N2.C2H6.CH4O/c1-16-22-19-8-12-24(15-17-5-3-2-4-6-17)11-7-18(19)20(23-16)25-13-9-21-10-14-25;5-6-3-1-2-4-6;2*1-2/h2-6,21H,7-15H2,1H3;1-5H2;1-2H3;2H,1H3. The normalized spacial score (nSPS) is 18.1. The summed E-state index contributed by atoms with van der Waals surface area (Å²) >= 11 is 0. The molecule has 35 heavy (non-hydrogen) atoms. The number of nitrogens with one attached hydrogen (secondary N) is 1.